The van der Waals surface area contributed by atoms with E-state index < -0.39 is 0 Å². The first kappa shape index (κ1) is 24.3. The topological polar surface area (TPSA) is 120 Å². The second-order valence-corrected chi connectivity index (χ2v) is 7.99. The highest BCUT2D eigenvalue weighted by Crippen LogP contribution is 2.25. The SMILES string of the molecule is CCCNc1nc(NCCC)nc(N2CCN(C(=O)Nc3cc(C)c(C)nc3OC)CC2)n1. The van der Waals surface area contributed by atoms with Gasteiger partial charge in [0.05, 0.1) is 7.11 Å². The molecule has 1 aliphatic heterocycles. The number of aromatic nitrogens is 4. The number of rotatable bonds is 9. The van der Waals surface area contributed by atoms with Gasteiger partial charge in [0.1, 0.15) is 5.69 Å². The van der Waals surface area contributed by atoms with Crippen LogP contribution in [0, 0.1) is 13.8 Å². The van der Waals surface area contributed by atoms with Gasteiger partial charge in [-0.3, -0.25) is 0 Å². The van der Waals surface area contributed by atoms with Crippen molar-refractivity contribution in [3.05, 3.63) is 17.3 Å². The van der Waals surface area contributed by atoms with Gasteiger partial charge in [0.15, 0.2) is 0 Å². The fourth-order valence-electron chi connectivity index (χ4n) is 3.37. The highest BCUT2D eigenvalue weighted by Gasteiger charge is 2.24. The van der Waals surface area contributed by atoms with Crippen LogP contribution in [0.3, 0.4) is 0 Å². The molecule has 11 heteroatoms. The quantitative estimate of drug-likeness (QED) is 0.522. The first-order valence-electron chi connectivity index (χ1n) is 11.5. The van der Waals surface area contributed by atoms with E-state index in [-0.39, 0.29) is 6.03 Å². The molecule has 0 unspecified atom stereocenters. The summed E-state index contributed by atoms with van der Waals surface area (Å²) in [5, 5.41) is 9.42. The van der Waals surface area contributed by atoms with Crippen LogP contribution < -0.4 is 25.6 Å². The zero-order chi connectivity index (χ0) is 23.8. The average molecular weight is 458 g/mol. The highest BCUT2D eigenvalue weighted by atomic mass is 16.5. The smallest absolute Gasteiger partial charge is 0.322 e. The maximum absolute atomic E-state index is 12.9. The van der Waals surface area contributed by atoms with Crippen molar-refractivity contribution in [2.75, 3.05) is 67.2 Å². The second-order valence-electron chi connectivity index (χ2n) is 7.99. The van der Waals surface area contributed by atoms with Crippen molar-refractivity contribution >= 4 is 29.6 Å². The second kappa shape index (κ2) is 11.5. The third-order valence-electron chi connectivity index (χ3n) is 5.41. The lowest BCUT2D eigenvalue weighted by Crippen LogP contribution is -2.50. The van der Waals surface area contributed by atoms with Crippen molar-refractivity contribution in [1.82, 2.24) is 24.8 Å². The van der Waals surface area contributed by atoms with Crippen molar-refractivity contribution in [2.45, 2.75) is 40.5 Å². The van der Waals surface area contributed by atoms with Crippen LogP contribution >= 0.6 is 0 Å². The molecular weight excluding hydrogens is 422 g/mol. The summed E-state index contributed by atoms with van der Waals surface area (Å²) in [7, 11) is 1.55. The van der Waals surface area contributed by atoms with Gasteiger partial charge < -0.3 is 30.5 Å². The van der Waals surface area contributed by atoms with E-state index in [1.54, 1.807) is 12.0 Å². The third-order valence-corrected chi connectivity index (χ3v) is 5.41. The highest BCUT2D eigenvalue weighted by molar-refractivity contribution is 5.91. The lowest BCUT2D eigenvalue weighted by atomic mass is 10.2. The molecule has 1 fully saturated rings. The van der Waals surface area contributed by atoms with E-state index in [1.807, 2.05) is 19.9 Å². The monoisotopic (exact) mass is 457 g/mol. The van der Waals surface area contributed by atoms with E-state index in [0.717, 1.165) is 37.2 Å². The Hall–Kier alpha value is -3.37. The molecule has 1 saturated heterocycles. The summed E-state index contributed by atoms with van der Waals surface area (Å²) in [6.07, 6.45) is 1.96. The molecule has 3 rings (SSSR count). The molecule has 0 atom stereocenters. The number of carbonyl (C=O) groups excluding carboxylic acids is 1. The summed E-state index contributed by atoms with van der Waals surface area (Å²) in [6, 6.07) is 1.71. The number of amides is 2. The molecule has 0 bridgehead atoms. The Balaban J connectivity index is 1.65. The Labute approximate surface area is 195 Å². The van der Waals surface area contributed by atoms with Crippen molar-refractivity contribution < 1.29 is 9.53 Å². The number of carbonyl (C=O) groups is 1. The Morgan fingerprint density at radius 1 is 0.970 bits per heavy atom. The Kier molecular flexibility index (Phi) is 8.45. The van der Waals surface area contributed by atoms with Gasteiger partial charge in [0.25, 0.3) is 0 Å². The summed E-state index contributed by atoms with van der Waals surface area (Å²) in [4.78, 5) is 34.8. The van der Waals surface area contributed by atoms with Gasteiger partial charge >= 0.3 is 6.03 Å². The Bertz CT molecular complexity index is 919. The van der Waals surface area contributed by atoms with E-state index in [1.165, 1.54) is 0 Å². The number of urea groups is 1. The zero-order valence-corrected chi connectivity index (χ0v) is 20.2. The van der Waals surface area contributed by atoms with E-state index in [2.05, 4.69) is 54.6 Å². The van der Waals surface area contributed by atoms with Crippen LogP contribution in [-0.2, 0) is 0 Å². The van der Waals surface area contributed by atoms with Crippen LogP contribution in [0.1, 0.15) is 37.9 Å². The number of anilines is 4. The molecule has 0 spiro atoms. The molecule has 2 amide bonds. The molecular formula is C22H35N9O2. The lowest BCUT2D eigenvalue weighted by Gasteiger charge is -2.34. The van der Waals surface area contributed by atoms with Gasteiger partial charge in [0, 0.05) is 45.0 Å². The molecule has 3 N–H and O–H groups in total. The maximum atomic E-state index is 12.9. The molecule has 2 aromatic rings. The predicted octanol–water partition coefficient (Wildman–Crippen LogP) is 2.89. The fraction of sp³-hybridized carbons (Fsp3) is 0.591. The molecule has 0 aromatic carbocycles. The standard InChI is InChI=1S/C22H35N9O2/c1-6-8-23-19-27-20(24-9-7-2)29-21(28-19)30-10-12-31(13-11-30)22(32)26-17-14-15(3)16(4)25-18(17)33-5/h14H,6-13H2,1-5H3,(H,26,32)(H2,23,24,27,28,29). The Morgan fingerprint density at radius 3 is 2.12 bits per heavy atom. The molecule has 11 nitrogen and oxygen atoms in total. The van der Waals surface area contributed by atoms with Crippen LogP contribution in [0.25, 0.3) is 0 Å². The number of nitrogens with one attached hydrogen (secondary N) is 3. The third kappa shape index (κ3) is 6.33. The normalized spacial score (nSPS) is 13.6. The van der Waals surface area contributed by atoms with E-state index in [4.69, 9.17) is 4.74 Å². The lowest BCUT2D eigenvalue weighted by molar-refractivity contribution is 0.207. The molecule has 0 aliphatic carbocycles. The zero-order valence-electron chi connectivity index (χ0n) is 20.2. The number of hydrogen-bond acceptors (Lipinski definition) is 9. The fourth-order valence-corrected chi connectivity index (χ4v) is 3.37. The number of aryl methyl sites for hydroxylation is 2. The summed E-state index contributed by atoms with van der Waals surface area (Å²) >= 11 is 0. The van der Waals surface area contributed by atoms with Crippen LogP contribution in [0.15, 0.2) is 6.07 Å². The summed E-state index contributed by atoms with van der Waals surface area (Å²) in [5.74, 6) is 2.15. The maximum Gasteiger partial charge on any atom is 0.322 e. The van der Waals surface area contributed by atoms with Crippen LogP contribution in [0.2, 0.25) is 0 Å². The molecule has 3 heterocycles. The Morgan fingerprint density at radius 2 is 1.58 bits per heavy atom. The number of nitrogens with zero attached hydrogens (tertiary/aromatic N) is 6. The average Bonchev–Trinajstić information content (AvgIpc) is 2.83. The van der Waals surface area contributed by atoms with Gasteiger partial charge in [-0.05, 0) is 38.3 Å². The molecule has 0 radical (unpaired) electrons. The van der Waals surface area contributed by atoms with E-state index in [0.29, 0.717) is 55.6 Å². The molecule has 0 saturated carbocycles. The van der Waals surface area contributed by atoms with Crippen LogP contribution in [0.4, 0.5) is 28.3 Å². The molecule has 33 heavy (non-hydrogen) atoms. The summed E-state index contributed by atoms with van der Waals surface area (Å²) in [5.41, 5.74) is 2.44. The largest absolute Gasteiger partial charge is 0.480 e. The number of hydrogen-bond donors (Lipinski definition) is 3. The number of piperazine rings is 1. The predicted molar refractivity (Wildman–Crippen MR) is 130 cm³/mol. The van der Waals surface area contributed by atoms with E-state index in [9.17, 15) is 4.79 Å². The van der Waals surface area contributed by atoms with Crippen molar-refractivity contribution in [3.63, 3.8) is 0 Å². The van der Waals surface area contributed by atoms with Gasteiger partial charge in [-0.15, -0.1) is 0 Å². The van der Waals surface area contributed by atoms with E-state index >= 15 is 0 Å². The van der Waals surface area contributed by atoms with Crippen molar-refractivity contribution in [2.24, 2.45) is 0 Å². The number of methoxy groups -OCH3 is 1. The minimum atomic E-state index is -0.177. The first-order valence-corrected chi connectivity index (χ1v) is 11.5. The van der Waals surface area contributed by atoms with Crippen molar-refractivity contribution in [1.29, 1.82) is 0 Å². The molecule has 1 aliphatic rings. The van der Waals surface area contributed by atoms with Gasteiger partial charge in [-0.25, -0.2) is 9.78 Å². The molecule has 2 aromatic heterocycles. The molecule has 180 valence electrons. The van der Waals surface area contributed by atoms with Crippen LogP contribution in [-0.4, -0.2) is 77.2 Å². The first-order chi connectivity index (χ1) is 15.9. The van der Waals surface area contributed by atoms with Crippen molar-refractivity contribution in [3.8, 4) is 5.88 Å². The summed E-state index contributed by atoms with van der Waals surface area (Å²) < 4.78 is 5.34. The van der Waals surface area contributed by atoms with Gasteiger partial charge in [0.2, 0.25) is 23.7 Å². The van der Waals surface area contributed by atoms with Crippen LogP contribution in [0.5, 0.6) is 5.88 Å². The number of pyridine rings is 1. The minimum Gasteiger partial charge on any atom is -0.480 e. The number of ether oxygens (including phenoxy) is 1. The summed E-state index contributed by atoms with van der Waals surface area (Å²) in [6.45, 7) is 12.0. The van der Waals surface area contributed by atoms with Gasteiger partial charge in [-0.1, -0.05) is 13.8 Å². The minimum absolute atomic E-state index is 0.177. The van der Waals surface area contributed by atoms with Gasteiger partial charge in [-0.2, -0.15) is 15.0 Å².